The summed E-state index contributed by atoms with van der Waals surface area (Å²) in [4.78, 5) is 20.2. The summed E-state index contributed by atoms with van der Waals surface area (Å²) in [5, 5.41) is 0. The van der Waals surface area contributed by atoms with Gasteiger partial charge in [0.15, 0.2) is 0 Å². The van der Waals surface area contributed by atoms with Crippen molar-refractivity contribution in [2.24, 2.45) is 11.7 Å². The van der Waals surface area contributed by atoms with Crippen LogP contribution in [0.4, 0.5) is 5.82 Å². The minimum atomic E-state index is -0.145. The standard InChI is InChI=1S/C10H15IN4O/c1-6(2)10(12)3-15(4-10)8-7(11)9(16)14-5-13-8/h5-6H,3-4,12H2,1-2H3,(H,13,14,16). The van der Waals surface area contributed by atoms with E-state index < -0.39 is 0 Å². The van der Waals surface area contributed by atoms with E-state index >= 15 is 0 Å². The van der Waals surface area contributed by atoms with E-state index in [9.17, 15) is 4.79 Å². The first-order chi connectivity index (χ1) is 7.44. The maximum absolute atomic E-state index is 11.4. The van der Waals surface area contributed by atoms with Gasteiger partial charge in [0.05, 0.1) is 11.9 Å². The molecule has 0 spiro atoms. The quantitative estimate of drug-likeness (QED) is 0.775. The van der Waals surface area contributed by atoms with Gasteiger partial charge in [-0.1, -0.05) is 13.8 Å². The lowest BCUT2D eigenvalue weighted by molar-refractivity contribution is 0.243. The lowest BCUT2D eigenvalue weighted by Gasteiger charge is -2.51. The smallest absolute Gasteiger partial charge is 0.266 e. The summed E-state index contributed by atoms with van der Waals surface area (Å²) < 4.78 is 0.630. The molecule has 0 radical (unpaired) electrons. The Bertz CT molecular complexity index is 450. The van der Waals surface area contributed by atoms with Crippen molar-refractivity contribution < 1.29 is 0 Å². The van der Waals surface area contributed by atoms with Crippen LogP contribution in [0.25, 0.3) is 0 Å². The number of halogens is 1. The van der Waals surface area contributed by atoms with Crippen molar-refractivity contribution in [3.05, 3.63) is 20.3 Å². The van der Waals surface area contributed by atoms with Crippen LogP contribution < -0.4 is 16.2 Å². The number of hydrogen-bond donors (Lipinski definition) is 2. The number of nitrogens with two attached hydrogens (primary N) is 1. The van der Waals surface area contributed by atoms with E-state index in [1.165, 1.54) is 6.33 Å². The van der Waals surface area contributed by atoms with Crippen molar-refractivity contribution in [1.82, 2.24) is 9.97 Å². The van der Waals surface area contributed by atoms with Crippen LogP contribution in [0.2, 0.25) is 0 Å². The van der Waals surface area contributed by atoms with Gasteiger partial charge in [0.25, 0.3) is 5.56 Å². The van der Waals surface area contributed by atoms with Gasteiger partial charge in [0.2, 0.25) is 0 Å². The van der Waals surface area contributed by atoms with Gasteiger partial charge >= 0.3 is 0 Å². The second kappa shape index (κ2) is 3.99. The molecule has 0 aliphatic carbocycles. The van der Waals surface area contributed by atoms with E-state index in [1.54, 1.807) is 0 Å². The van der Waals surface area contributed by atoms with Crippen molar-refractivity contribution in [2.75, 3.05) is 18.0 Å². The molecule has 1 aromatic rings. The Morgan fingerprint density at radius 3 is 2.81 bits per heavy atom. The first-order valence-electron chi connectivity index (χ1n) is 5.21. The van der Waals surface area contributed by atoms with Crippen LogP contribution in [-0.2, 0) is 0 Å². The number of nitrogens with one attached hydrogen (secondary N) is 1. The number of H-pyrrole nitrogens is 1. The highest BCUT2D eigenvalue weighted by Crippen LogP contribution is 2.30. The maximum atomic E-state index is 11.4. The molecule has 88 valence electrons. The molecule has 1 saturated heterocycles. The maximum Gasteiger partial charge on any atom is 0.266 e. The Balaban J connectivity index is 2.19. The molecule has 0 unspecified atom stereocenters. The van der Waals surface area contributed by atoms with Crippen LogP contribution in [0.5, 0.6) is 0 Å². The Morgan fingerprint density at radius 1 is 1.62 bits per heavy atom. The molecule has 16 heavy (non-hydrogen) atoms. The zero-order chi connectivity index (χ0) is 11.9. The minimum Gasteiger partial charge on any atom is -0.352 e. The van der Waals surface area contributed by atoms with Crippen LogP contribution in [-0.4, -0.2) is 28.6 Å². The molecule has 0 bridgehead atoms. The highest BCUT2D eigenvalue weighted by atomic mass is 127. The summed E-state index contributed by atoms with van der Waals surface area (Å²) in [6.07, 6.45) is 1.44. The van der Waals surface area contributed by atoms with Crippen molar-refractivity contribution in [3.8, 4) is 0 Å². The molecule has 1 fully saturated rings. The number of aromatic nitrogens is 2. The van der Waals surface area contributed by atoms with E-state index in [0.717, 1.165) is 18.9 Å². The minimum absolute atomic E-state index is 0.0929. The monoisotopic (exact) mass is 334 g/mol. The normalized spacial score (nSPS) is 18.7. The second-order valence-corrected chi connectivity index (χ2v) is 5.69. The summed E-state index contributed by atoms with van der Waals surface area (Å²) in [7, 11) is 0. The number of hydrogen-bond acceptors (Lipinski definition) is 4. The molecule has 1 aromatic heterocycles. The summed E-state index contributed by atoms with van der Waals surface area (Å²) in [6.45, 7) is 5.76. The average molecular weight is 334 g/mol. The van der Waals surface area contributed by atoms with Crippen molar-refractivity contribution >= 4 is 28.4 Å². The lowest BCUT2D eigenvalue weighted by atomic mass is 9.80. The molecular formula is C10H15IN4O. The molecule has 0 saturated carbocycles. The van der Waals surface area contributed by atoms with E-state index in [-0.39, 0.29) is 11.1 Å². The second-order valence-electron chi connectivity index (χ2n) is 4.61. The summed E-state index contributed by atoms with van der Waals surface area (Å²) >= 11 is 2.02. The van der Waals surface area contributed by atoms with Crippen LogP contribution in [0, 0.1) is 9.49 Å². The van der Waals surface area contributed by atoms with Gasteiger partial charge in [-0.15, -0.1) is 0 Å². The Labute approximate surface area is 108 Å². The highest BCUT2D eigenvalue weighted by Gasteiger charge is 2.43. The van der Waals surface area contributed by atoms with Crippen LogP contribution in [0.3, 0.4) is 0 Å². The predicted molar refractivity (Wildman–Crippen MR) is 71.5 cm³/mol. The molecule has 2 heterocycles. The summed E-state index contributed by atoms with van der Waals surface area (Å²) in [5.74, 6) is 1.18. The van der Waals surface area contributed by atoms with Gasteiger partial charge in [-0.25, -0.2) is 4.98 Å². The molecule has 5 nitrogen and oxygen atoms in total. The van der Waals surface area contributed by atoms with Crippen molar-refractivity contribution in [1.29, 1.82) is 0 Å². The van der Waals surface area contributed by atoms with Crippen molar-refractivity contribution in [3.63, 3.8) is 0 Å². The zero-order valence-corrected chi connectivity index (χ0v) is 11.5. The fraction of sp³-hybridized carbons (Fsp3) is 0.600. The SMILES string of the molecule is CC(C)C1(N)CN(c2nc[nH]c(=O)c2I)C1. The van der Waals surface area contributed by atoms with Gasteiger partial charge in [-0.3, -0.25) is 4.79 Å². The van der Waals surface area contributed by atoms with Crippen LogP contribution >= 0.6 is 22.6 Å². The number of nitrogens with zero attached hydrogens (tertiary/aromatic N) is 2. The molecule has 0 amide bonds. The predicted octanol–water partition coefficient (Wildman–Crippen LogP) is 0.548. The van der Waals surface area contributed by atoms with Gasteiger partial charge < -0.3 is 15.6 Å². The highest BCUT2D eigenvalue weighted by molar-refractivity contribution is 14.1. The molecule has 3 N–H and O–H groups in total. The molecule has 6 heteroatoms. The molecular weight excluding hydrogens is 319 g/mol. The third-order valence-corrected chi connectivity index (χ3v) is 4.17. The van der Waals surface area contributed by atoms with E-state index in [0.29, 0.717) is 9.49 Å². The fourth-order valence-corrected chi connectivity index (χ4v) is 2.41. The Hall–Kier alpha value is -0.630. The van der Waals surface area contributed by atoms with Gasteiger partial charge in [0, 0.05) is 13.1 Å². The number of anilines is 1. The average Bonchev–Trinajstić information content (AvgIpc) is 2.17. The van der Waals surface area contributed by atoms with E-state index in [4.69, 9.17) is 5.73 Å². The summed E-state index contributed by atoms with van der Waals surface area (Å²) in [5.41, 5.74) is 5.97. The number of rotatable bonds is 2. The first-order valence-corrected chi connectivity index (χ1v) is 6.29. The lowest BCUT2D eigenvalue weighted by Crippen LogP contribution is -2.70. The summed E-state index contributed by atoms with van der Waals surface area (Å²) in [6, 6.07) is 0. The van der Waals surface area contributed by atoms with Gasteiger partial charge in [0.1, 0.15) is 9.39 Å². The van der Waals surface area contributed by atoms with Gasteiger partial charge in [-0.2, -0.15) is 0 Å². The zero-order valence-electron chi connectivity index (χ0n) is 9.33. The van der Waals surface area contributed by atoms with Crippen LogP contribution in [0.1, 0.15) is 13.8 Å². The molecule has 2 rings (SSSR count). The molecule has 0 aromatic carbocycles. The number of aromatic amines is 1. The third-order valence-electron chi connectivity index (χ3n) is 3.20. The third kappa shape index (κ3) is 1.84. The first kappa shape index (κ1) is 11.8. The van der Waals surface area contributed by atoms with E-state index in [2.05, 4.69) is 28.7 Å². The Morgan fingerprint density at radius 2 is 2.25 bits per heavy atom. The molecule has 1 aliphatic heterocycles. The molecule has 0 atom stereocenters. The van der Waals surface area contributed by atoms with E-state index in [1.807, 2.05) is 22.6 Å². The fourth-order valence-electron chi connectivity index (χ4n) is 1.77. The topological polar surface area (TPSA) is 75.0 Å². The largest absolute Gasteiger partial charge is 0.352 e. The molecule has 1 aliphatic rings. The van der Waals surface area contributed by atoms with Gasteiger partial charge in [-0.05, 0) is 28.5 Å². The van der Waals surface area contributed by atoms with Crippen LogP contribution in [0.15, 0.2) is 11.1 Å². The Kier molecular flexibility index (Phi) is 2.95. The van der Waals surface area contributed by atoms with Crippen molar-refractivity contribution in [2.45, 2.75) is 19.4 Å².